The SMILES string of the molecule is OCCc1ccc(N(c2ccc(-c3ccc(CO)cc3)cc2)c2cccc(CCO)c2)cc1. The van der Waals surface area contributed by atoms with E-state index < -0.39 is 0 Å². The van der Waals surface area contributed by atoms with E-state index in [4.69, 9.17) is 0 Å². The van der Waals surface area contributed by atoms with Crippen LogP contribution in [-0.4, -0.2) is 28.5 Å². The molecule has 0 heterocycles. The first-order chi connectivity index (χ1) is 16.2. The van der Waals surface area contributed by atoms with Crippen molar-refractivity contribution < 1.29 is 15.3 Å². The lowest BCUT2D eigenvalue weighted by Gasteiger charge is -2.26. The minimum Gasteiger partial charge on any atom is -0.396 e. The van der Waals surface area contributed by atoms with Crippen LogP contribution in [0.25, 0.3) is 11.1 Å². The quantitative estimate of drug-likeness (QED) is 0.327. The number of hydrogen-bond donors (Lipinski definition) is 3. The lowest BCUT2D eigenvalue weighted by atomic mass is 10.0. The Balaban J connectivity index is 1.71. The van der Waals surface area contributed by atoms with Gasteiger partial charge < -0.3 is 20.2 Å². The Hall–Kier alpha value is -3.44. The smallest absolute Gasteiger partial charge is 0.0681 e. The van der Waals surface area contributed by atoms with Gasteiger partial charge in [-0.2, -0.15) is 0 Å². The van der Waals surface area contributed by atoms with Crippen molar-refractivity contribution in [1.82, 2.24) is 0 Å². The van der Waals surface area contributed by atoms with E-state index in [-0.39, 0.29) is 19.8 Å². The van der Waals surface area contributed by atoms with E-state index in [1.807, 2.05) is 48.5 Å². The predicted molar refractivity (Wildman–Crippen MR) is 134 cm³/mol. The molecular weight excluding hydrogens is 410 g/mol. The summed E-state index contributed by atoms with van der Waals surface area (Å²) in [6, 6.07) is 32.8. The zero-order chi connectivity index (χ0) is 23.0. The lowest BCUT2D eigenvalue weighted by Crippen LogP contribution is -2.10. The van der Waals surface area contributed by atoms with Crippen LogP contribution in [0.15, 0.2) is 97.1 Å². The third-order valence-electron chi connectivity index (χ3n) is 5.76. The zero-order valence-electron chi connectivity index (χ0n) is 18.6. The third kappa shape index (κ3) is 5.49. The van der Waals surface area contributed by atoms with Gasteiger partial charge in [-0.05, 0) is 77.1 Å². The standard InChI is InChI=1S/C29H29NO3/c31-18-16-22-6-12-27(13-7-22)30(29-3-1-2-23(20-29)17-19-32)28-14-10-26(11-15-28)25-8-4-24(21-33)5-9-25/h1-15,20,31-33H,16-19,21H2. The molecule has 0 unspecified atom stereocenters. The maximum atomic E-state index is 9.39. The Morgan fingerprint density at radius 1 is 0.485 bits per heavy atom. The summed E-state index contributed by atoms with van der Waals surface area (Å²) in [4.78, 5) is 2.20. The summed E-state index contributed by atoms with van der Waals surface area (Å²) in [5.41, 5.74) is 8.36. The molecule has 0 saturated heterocycles. The van der Waals surface area contributed by atoms with Crippen molar-refractivity contribution in [3.8, 4) is 11.1 Å². The molecule has 4 rings (SSSR count). The fraction of sp³-hybridized carbons (Fsp3) is 0.172. The topological polar surface area (TPSA) is 63.9 Å². The summed E-state index contributed by atoms with van der Waals surface area (Å²) in [6.45, 7) is 0.288. The Bertz CT molecular complexity index is 1150. The van der Waals surface area contributed by atoms with E-state index in [1.54, 1.807) is 0 Å². The molecule has 0 bridgehead atoms. The second kappa shape index (κ2) is 10.9. The third-order valence-corrected chi connectivity index (χ3v) is 5.76. The first kappa shape index (κ1) is 22.7. The van der Waals surface area contributed by atoms with Gasteiger partial charge in [-0.25, -0.2) is 0 Å². The van der Waals surface area contributed by atoms with Gasteiger partial charge in [-0.15, -0.1) is 0 Å². The van der Waals surface area contributed by atoms with Gasteiger partial charge in [0.1, 0.15) is 0 Å². The molecule has 168 valence electrons. The highest BCUT2D eigenvalue weighted by atomic mass is 16.3. The maximum absolute atomic E-state index is 9.39. The summed E-state index contributed by atoms with van der Waals surface area (Å²) in [5.74, 6) is 0. The Morgan fingerprint density at radius 2 is 1.00 bits per heavy atom. The molecule has 4 aromatic rings. The van der Waals surface area contributed by atoms with E-state index in [1.165, 1.54) is 0 Å². The molecule has 0 radical (unpaired) electrons. The molecule has 0 aliphatic heterocycles. The van der Waals surface area contributed by atoms with Gasteiger partial charge in [0.05, 0.1) is 6.61 Å². The first-order valence-electron chi connectivity index (χ1n) is 11.2. The molecule has 33 heavy (non-hydrogen) atoms. The summed E-state index contributed by atoms with van der Waals surface area (Å²) in [6.07, 6.45) is 1.25. The minimum atomic E-state index is 0.0423. The van der Waals surface area contributed by atoms with Crippen molar-refractivity contribution >= 4 is 17.1 Å². The monoisotopic (exact) mass is 439 g/mol. The Morgan fingerprint density at radius 3 is 1.58 bits per heavy atom. The van der Waals surface area contributed by atoms with Crippen LogP contribution in [0, 0.1) is 0 Å². The number of aliphatic hydroxyl groups is 3. The van der Waals surface area contributed by atoms with Crippen molar-refractivity contribution in [3.63, 3.8) is 0 Å². The summed E-state index contributed by atoms with van der Waals surface area (Å²) >= 11 is 0. The largest absolute Gasteiger partial charge is 0.396 e. The zero-order valence-corrected chi connectivity index (χ0v) is 18.6. The molecule has 4 nitrogen and oxygen atoms in total. The number of anilines is 3. The van der Waals surface area contributed by atoms with Crippen molar-refractivity contribution in [2.45, 2.75) is 19.4 Å². The number of benzene rings is 4. The van der Waals surface area contributed by atoms with Gasteiger partial charge in [-0.3, -0.25) is 0 Å². The molecule has 0 spiro atoms. The van der Waals surface area contributed by atoms with Crippen LogP contribution in [0.2, 0.25) is 0 Å². The van der Waals surface area contributed by atoms with Crippen molar-refractivity contribution in [2.75, 3.05) is 18.1 Å². The minimum absolute atomic E-state index is 0.0423. The normalized spacial score (nSPS) is 10.9. The molecule has 0 aromatic heterocycles. The first-order valence-corrected chi connectivity index (χ1v) is 11.2. The molecule has 0 aliphatic carbocycles. The highest BCUT2D eigenvalue weighted by Crippen LogP contribution is 2.36. The maximum Gasteiger partial charge on any atom is 0.0681 e. The second-order valence-electron chi connectivity index (χ2n) is 8.02. The van der Waals surface area contributed by atoms with Crippen molar-refractivity contribution in [3.05, 3.63) is 114 Å². The molecule has 3 N–H and O–H groups in total. The molecule has 0 aliphatic rings. The molecule has 4 heteroatoms. The van der Waals surface area contributed by atoms with Crippen molar-refractivity contribution in [2.24, 2.45) is 0 Å². The molecular formula is C29H29NO3. The molecule has 0 amide bonds. The predicted octanol–water partition coefficient (Wildman–Crippen LogP) is 5.39. The number of nitrogens with zero attached hydrogens (tertiary/aromatic N) is 1. The number of hydrogen-bond acceptors (Lipinski definition) is 4. The molecule has 0 atom stereocenters. The number of rotatable bonds is 9. The van der Waals surface area contributed by atoms with Crippen LogP contribution in [0.1, 0.15) is 16.7 Å². The van der Waals surface area contributed by atoms with Gasteiger partial charge in [0.15, 0.2) is 0 Å². The van der Waals surface area contributed by atoms with E-state index in [0.717, 1.165) is 44.9 Å². The van der Waals surface area contributed by atoms with Crippen LogP contribution < -0.4 is 4.90 Å². The van der Waals surface area contributed by atoms with Gasteiger partial charge >= 0.3 is 0 Å². The highest BCUT2D eigenvalue weighted by molar-refractivity contribution is 5.78. The van der Waals surface area contributed by atoms with Crippen LogP contribution >= 0.6 is 0 Å². The molecule has 0 fully saturated rings. The molecule has 4 aromatic carbocycles. The molecule has 0 saturated carbocycles. The Labute approximate surface area is 195 Å². The van der Waals surface area contributed by atoms with Crippen LogP contribution in [0.5, 0.6) is 0 Å². The van der Waals surface area contributed by atoms with Gasteiger partial charge in [0.2, 0.25) is 0 Å². The number of aliphatic hydroxyl groups excluding tert-OH is 3. The van der Waals surface area contributed by atoms with Crippen molar-refractivity contribution in [1.29, 1.82) is 0 Å². The second-order valence-corrected chi connectivity index (χ2v) is 8.02. The fourth-order valence-corrected chi connectivity index (χ4v) is 3.97. The summed E-state index contributed by atoms with van der Waals surface area (Å²) in [7, 11) is 0. The van der Waals surface area contributed by atoms with Crippen LogP contribution in [0.3, 0.4) is 0 Å². The van der Waals surface area contributed by atoms with Gasteiger partial charge in [0, 0.05) is 30.3 Å². The van der Waals surface area contributed by atoms with Crippen LogP contribution in [0.4, 0.5) is 17.1 Å². The fourth-order valence-electron chi connectivity index (χ4n) is 3.97. The van der Waals surface area contributed by atoms with E-state index >= 15 is 0 Å². The average molecular weight is 440 g/mol. The average Bonchev–Trinajstić information content (AvgIpc) is 2.86. The Kier molecular flexibility index (Phi) is 7.53. The van der Waals surface area contributed by atoms with Gasteiger partial charge in [0.25, 0.3) is 0 Å². The highest BCUT2D eigenvalue weighted by Gasteiger charge is 2.13. The van der Waals surface area contributed by atoms with E-state index in [2.05, 4.69) is 53.4 Å². The van der Waals surface area contributed by atoms with E-state index in [0.29, 0.717) is 12.8 Å². The van der Waals surface area contributed by atoms with Crippen LogP contribution in [-0.2, 0) is 19.4 Å². The summed E-state index contributed by atoms with van der Waals surface area (Å²) < 4.78 is 0. The summed E-state index contributed by atoms with van der Waals surface area (Å²) in [5, 5.41) is 27.9. The van der Waals surface area contributed by atoms with Gasteiger partial charge in [-0.1, -0.05) is 60.7 Å². The van der Waals surface area contributed by atoms with E-state index in [9.17, 15) is 15.3 Å². The lowest BCUT2D eigenvalue weighted by molar-refractivity contribution is 0.282.